The smallest absolute Gasteiger partial charge is 0.261 e. The summed E-state index contributed by atoms with van der Waals surface area (Å²) in [7, 11) is -3.10. The predicted octanol–water partition coefficient (Wildman–Crippen LogP) is 2.93. The van der Waals surface area contributed by atoms with Gasteiger partial charge >= 0.3 is 0 Å². The number of rotatable bonds is 6. The number of hydrogen-bond acceptors (Lipinski definition) is 4. The highest BCUT2D eigenvalue weighted by Gasteiger charge is 2.34. The van der Waals surface area contributed by atoms with Crippen LogP contribution in [0.4, 0.5) is 0 Å². The van der Waals surface area contributed by atoms with E-state index in [-0.39, 0.29) is 30.1 Å². The maximum Gasteiger partial charge on any atom is 0.261 e. The molecule has 1 heterocycles. The van der Waals surface area contributed by atoms with Gasteiger partial charge in [-0.15, -0.1) is 0 Å². The molecule has 5 nitrogen and oxygen atoms in total. The molecule has 26 heavy (non-hydrogen) atoms. The number of benzene rings is 2. The van der Waals surface area contributed by atoms with Crippen LogP contribution in [0, 0.1) is 0 Å². The minimum Gasteiger partial charge on any atom is -0.484 e. The van der Waals surface area contributed by atoms with Gasteiger partial charge in [0.05, 0.1) is 11.5 Å². The van der Waals surface area contributed by atoms with Crippen LogP contribution in [-0.4, -0.2) is 43.4 Å². The molecule has 0 radical (unpaired) electrons. The van der Waals surface area contributed by atoms with Crippen molar-refractivity contribution in [1.29, 1.82) is 0 Å². The van der Waals surface area contributed by atoms with Crippen LogP contribution in [0.3, 0.4) is 0 Å². The number of sulfone groups is 1. The van der Waals surface area contributed by atoms with E-state index in [1.807, 2.05) is 30.3 Å². The van der Waals surface area contributed by atoms with E-state index in [1.54, 1.807) is 29.2 Å². The van der Waals surface area contributed by atoms with Gasteiger partial charge in [0.1, 0.15) is 5.75 Å². The third-order valence-corrected chi connectivity index (χ3v) is 6.30. The summed E-state index contributed by atoms with van der Waals surface area (Å²) in [6.45, 7) is 0.166. The van der Waals surface area contributed by atoms with Crippen LogP contribution < -0.4 is 4.74 Å². The third kappa shape index (κ3) is 4.99. The van der Waals surface area contributed by atoms with E-state index in [2.05, 4.69) is 0 Å². The van der Waals surface area contributed by atoms with Gasteiger partial charge in [-0.1, -0.05) is 41.9 Å². The van der Waals surface area contributed by atoms with Crippen LogP contribution >= 0.6 is 11.6 Å². The summed E-state index contributed by atoms with van der Waals surface area (Å²) in [5.41, 5.74) is 0.856. The standard InChI is InChI=1S/C19H20ClNO4S/c20-16-6-4-5-15(11-16)12-21(17-9-10-26(23,24)14-17)19(22)13-25-18-7-2-1-3-8-18/h1-8,11,17H,9-10,12-14H2. The minimum absolute atomic E-state index is 0.00928. The fraction of sp³-hybridized carbons (Fsp3) is 0.316. The fourth-order valence-electron chi connectivity index (χ4n) is 3.02. The Bertz CT molecular complexity index is 870. The van der Waals surface area contributed by atoms with E-state index in [9.17, 15) is 13.2 Å². The second-order valence-corrected chi connectivity index (χ2v) is 8.98. The average molecular weight is 394 g/mol. The maximum atomic E-state index is 12.8. The maximum absolute atomic E-state index is 12.8. The van der Waals surface area contributed by atoms with E-state index in [1.165, 1.54) is 0 Å². The normalized spacial score (nSPS) is 18.4. The molecule has 0 saturated carbocycles. The second-order valence-electron chi connectivity index (χ2n) is 6.31. The van der Waals surface area contributed by atoms with Gasteiger partial charge in [-0.25, -0.2) is 8.42 Å². The van der Waals surface area contributed by atoms with E-state index in [0.29, 0.717) is 23.7 Å². The molecule has 1 unspecified atom stereocenters. The second kappa shape index (κ2) is 8.10. The highest BCUT2D eigenvalue weighted by molar-refractivity contribution is 7.91. The van der Waals surface area contributed by atoms with Crippen molar-refractivity contribution in [3.63, 3.8) is 0 Å². The van der Waals surface area contributed by atoms with Crippen molar-refractivity contribution in [3.05, 3.63) is 65.2 Å². The molecule has 1 fully saturated rings. The summed E-state index contributed by atoms with van der Waals surface area (Å²) in [5, 5.41) is 0.578. The van der Waals surface area contributed by atoms with Gasteiger partial charge in [-0.3, -0.25) is 4.79 Å². The van der Waals surface area contributed by atoms with Gasteiger partial charge in [-0.2, -0.15) is 0 Å². The fourth-order valence-corrected chi connectivity index (χ4v) is 4.96. The van der Waals surface area contributed by atoms with Gasteiger partial charge in [0.2, 0.25) is 0 Å². The first-order chi connectivity index (χ1) is 12.4. The lowest BCUT2D eigenvalue weighted by Gasteiger charge is -2.28. The molecule has 1 amide bonds. The highest BCUT2D eigenvalue weighted by atomic mass is 35.5. The molecular formula is C19H20ClNO4S. The predicted molar refractivity (Wildman–Crippen MR) is 101 cm³/mol. The monoisotopic (exact) mass is 393 g/mol. The van der Waals surface area contributed by atoms with Crippen molar-refractivity contribution in [1.82, 2.24) is 4.90 Å². The summed E-state index contributed by atoms with van der Waals surface area (Å²) in [6, 6.07) is 15.9. The van der Waals surface area contributed by atoms with Gasteiger partial charge < -0.3 is 9.64 Å². The van der Waals surface area contributed by atoms with Gasteiger partial charge in [-0.05, 0) is 36.2 Å². The molecule has 2 aromatic rings. The number of halogens is 1. The zero-order valence-electron chi connectivity index (χ0n) is 14.2. The van der Waals surface area contributed by atoms with Crippen LogP contribution in [0.1, 0.15) is 12.0 Å². The molecule has 0 aromatic heterocycles. The minimum atomic E-state index is -3.10. The third-order valence-electron chi connectivity index (χ3n) is 4.32. The zero-order valence-corrected chi connectivity index (χ0v) is 15.7. The van der Waals surface area contributed by atoms with E-state index in [4.69, 9.17) is 16.3 Å². The summed E-state index contributed by atoms with van der Waals surface area (Å²) in [5.74, 6) is 0.458. The Morgan fingerprint density at radius 2 is 1.92 bits per heavy atom. The number of carbonyl (C=O) groups is 1. The molecule has 138 valence electrons. The number of carbonyl (C=O) groups excluding carboxylic acids is 1. The van der Waals surface area contributed by atoms with Crippen molar-refractivity contribution >= 4 is 27.3 Å². The largest absolute Gasteiger partial charge is 0.484 e. The SMILES string of the molecule is O=C(COc1ccccc1)N(Cc1cccc(Cl)c1)C1CCS(=O)(=O)C1. The molecule has 0 bridgehead atoms. The summed E-state index contributed by atoms with van der Waals surface area (Å²) in [6.07, 6.45) is 0.444. The first-order valence-electron chi connectivity index (χ1n) is 8.35. The van der Waals surface area contributed by atoms with Crippen molar-refractivity contribution in [2.24, 2.45) is 0 Å². The van der Waals surface area contributed by atoms with Crippen LogP contribution in [0.15, 0.2) is 54.6 Å². The quantitative estimate of drug-likeness (QED) is 0.757. The highest BCUT2D eigenvalue weighted by Crippen LogP contribution is 2.22. The Balaban J connectivity index is 1.74. The molecule has 3 rings (SSSR count). The molecule has 1 aliphatic rings. The van der Waals surface area contributed by atoms with Crippen LogP contribution in [0.5, 0.6) is 5.75 Å². The van der Waals surface area contributed by atoms with Crippen molar-refractivity contribution in [2.45, 2.75) is 19.0 Å². The average Bonchev–Trinajstić information content (AvgIpc) is 2.98. The lowest BCUT2D eigenvalue weighted by Crippen LogP contribution is -2.43. The Hall–Kier alpha value is -2.05. The first kappa shape index (κ1) is 18.7. The van der Waals surface area contributed by atoms with Gasteiger partial charge in [0.15, 0.2) is 16.4 Å². The molecule has 1 atom stereocenters. The molecule has 1 aliphatic heterocycles. The van der Waals surface area contributed by atoms with Crippen LogP contribution in [0.25, 0.3) is 0 Å². The molecule has 7 heteroatoms. The van der Waals surface area contributed by atoms with Crippen molar-refractivity contribution < 1.29 is 17.9 Å². The number of para-hydroxylation sites is 1. The lowest BCUT2D eigenvalue weighted by atomic mass is 10.1. The molecular weight excluding hydrogens is 374 g/mol. The first-order valence-corrected chi connectivity index (χ1v) is 10.5. The van der Waals surface area contributed by atoms with E-state index < -0.39 is 9.84 Å². The van der Waals surface area contributed by atoms with E-state index in [0.717, 1.165) is 5.56 Å². The summed E-state index contributed by atoms with van der Waals surface area (Å²) < 4.78 is 29.3. The zero-order chi connectivity index (χ0) is 18.6. The molecule has 0 N–H and O–H groups in total. The Kier molecular flexibility index (Phi) is 5.84. The van der Waals surface area contributed by atoms with Gasteiger partial charge in [0, 0.05) is 17.6 Å². The van der Waals surface area contributed by atoms with Crippen LogP contribution in [-0.2, 0) is 21.2 Å². The van der Waals surface area contributed by atoms with Crippen LogP contribution in [0.2, 0.25) is 5.02 Å². The summed E-state index contributed by atoms with van der Waals surface area (Å²) in [4.78, 5) is 14.4. The lowest BCUT2D eigenvalue weighted by molar-refractivity contribution is -0.136. The number of nitrogens with zero attached hydrogens (tertiary/aromatic N) is 1. The topological polar surface area (TPSA) is 63.7 Å². The molecule has 1 saturated heterocycles. The number of ether oxygens (including phenoxy) is 1. The molecule has 0 aliphatic carbocycles. The Morgan fingerprint density at radius 3 is 2.58 bits per heavy atom. The Morgan fingerprint density at radius 1 is 1.15 bits per heavy atom. The number of amides is 1. The molecule has 2 aromatic carbocycles. The number of hydrogen-bond donors (Lipinski definition) is 0. The molecule has 0 spiro atoms. The van der Waals surface area contributed by atoms with Crippen molar-refractivity contribution in [2.75, 3.05) is 18.1 Å². The Labute approximate surface area is 158 Å². The summed E-state index contributed by atoms with van der Waals surface area (Å²) >= 11 is 6.03. The van der Waals surface area contributed by atoms with Gasteiger partial charge in [0.25, 0.3) is 5.91 Å². The van der Waals surface area contributed by atoms with Crippen molar-refractivity contribution in [3.8, 4) is 5.75 Å². The van der Waals surface area contributed by atoms with E-state index >= 15 is 0 Å².